The maximum Gasteiger partial charge on any atom is 0.312 e. The lowest BCUT2D eigenvalue weighted by atomic mass is 9.90. The van der Waals surface area contributed by atoms with Crippen molar-refractivity contribution in [3.05, 3.63) is 0 Å². The number of carbonyl (C=O) groups excluding carboxylic acids is 1. The van der Waals surface area contributed by atoms with Crippen LogP contribution in [0.1, 0.15) is 46.5 Å². The third kappa shape index (κ3) is 5.11. The van der Waals surface area contributed by atoms with E-state index in [4.69, 9.17) is 4.74 Å². The molecule has 19 heavy (non-hydrogen) atoms. The minimum atomic E-state index is -0.422. The zero-order valence-corrected chi connectivity index (χ0v) is 13.0. The molecule has 0 saturated carbocycles. The largest absolute Gasteiger partial charge is 0.469 e. The van der Waals surface area contributed by atoms with Gasteiger partial charge in [-0.1, -0.05) is 13.3 Å². The zero-order valence-electron chi connectivity index (χ0n) is 13.0. The molecule has 0 bridgehead atoms. The molecule has 112 valence electrons. The van der Waals surface area contributed by atoms with E-state index in [1.807, 2.05) is 13.8 Å². The Kier molecular flexibility index (Phi) is 6.80. The topological polar surface area (TPSA) is 41.6 Å². The summed E-state index contributed by atoms with van der Waals surface area (Å²) < 4.78 is 4.91. The van der Waals surface area contributed by atoms with E-state index in [2.05, 4.69) is 17.1 Å². The second-order valence-corrected chi connectivity index (χ2v) is 6.20. The minimum Gasteiger partial charge on any atom is -0.469 e. The SMILES string of the molecule is CCCNCC1CCCCN1CC(C)(C)C(=O)OC. The summed E-state index contributed by atoms with van der Waals surface area (Å²) in [4.78, 5) is 14.3. The number of hydrogen-bond donors (Lipinski definition) is 1. The first-order chi connectivity index (χ1) is 9.01. The second kappa shape index (κ2) is 7.85. The molecule has 0 aliphatic carbocycles. The van der Waals surface area contributed by atoms with E-state index in [1.54, 1.807) is 0 Å². The molecule has 0 aromatic heterocycles. The van der Waals surface area contributed by atoms with E-state index in [1.165, 1.54) is 32.8 Å². The van der Waals surface area contributed by atoms with Crippen LogP contribution in [0.2, 0.25) is 0 Å². The van der Waals surface area contributed by atoms with Gasteiger partial charge < -0.3 is 10.1 Å². The molecule has 1 heterocycles. The maximum atomic E-state index is 11.8. The average molecular weight is 270 g/mol. The van der Waals surface area contributed by atoms with Gasteiger partial charge in [0.25, 0.3) is 0 Å². The first kappa shape index (κ1) is 16.4. The smallest absolute Gasteiger partial charge is 0.312 e. The van der Waals surface area contributed by atoms with E-state index in [9.17, 15) is 4.79 Å². The van der Waals surface area contributed by atoms with Crippen LogP contribution < -0.4 is 5.32 Å². The molecule has 4 heteroatoms. The number of nitrogens with one attached hydrogen (secondary N) is 1. The van der Waals surface area contributed by atoms with Crippen molar-refractivity contribution in [2.75, 3.05) is 33.3 Å². The first-order valence-electron chi connectivity index (χ1n) is 7.54. The summed E-state index contributed by atoms with van der Waals surface area (Å²) in [7, 11) is 1.47. The number of methoxy groups -OCH3 is 1. The number of likely N-dealkylation sites (tertiary alicyclic amines) is 1. The molecule has 1 unspecified atom stereocenters. The van der Waals surface area contributed by atoms with E-state index < -0.39 is 5.41 Å². The molecule has 0 amide bonds. The molecule has 0 aromatic rings. The van der Waals surface area contributed by atoms with Gasteiger partial charge in [0.2, 0.25) is 0 Å². The minimum absolute atomic E-state index is 0.113. The van der Waals surface area contributed by atoms with Crippen LogP contribution in [0, 0.1) is 5.41 Å². The predicted octanol–water partition coefficient (Wildman–Crippen LogP) is 2.04. The summed E-state index contributed by atoms with van der Waals surface area (Å²) in [6.07, 6.45) is 4.93. The summed E-state index contributed by atoms with van der Waals surface area (Å²) in [6.45, 7) is 10.1. The maximum absolute atomic E-state index is 11.8. The summed E-state index contributed by atoms with van der Waals surface area (Å²) in [5.41, 5.74) is -0.422. The number of piperidine rings is 1. The highest BCUT2D eigenvalue weighted by atomic mass is 16.5. The van der Waals surface area contributed by atoms with Gasteiger partial charge in [0, 0.05) is 19.1 Å². The van der Waals surface area contributed by atoms with Crippen molar-refractivity contribution in [1.82, 2.24) is 10.2 Å². The van der Waals surface area contributed by atoms with Gasteiger partial charge in [-0.05, 0) is 46.2 Å². The van der Waals surface area contributed by atoms with Crippen LogP contribution in [0.15, 0.2) is 0 Å². The molecule has 1 atom stereocenters. The van der Waals surface area contributed by atoms with Gasteiger partial charge in [-0.2, -0.15) is 0 Å². The van der Waals surface area contributed by atoms with Crippen molar-refractivity contribution in [2.24, 2.45) is 5.41 Å². The van der Waals surface area contributed by atoms with Crippen molar-refractivity contribution < 1.29 is 9.53 Å². The van der Waals surface area contributed by atoms with Crippen LogP contribution in [-0.4, -0.2) is 50.2 Å². The molecule has 1 aliphatic rings. The molecule has 1 saturated heterocycles. The average Bonchev–Trinajstić information content (AvgIpc) is 2.39. The van der Waals surface area contributed by atoms with Crippen molar-refractivity contribution in [2.45, 2.75) is 52.5 Å². The fraction of sp³-hybridized carbons (Fsp3) is 0.933. The van der Waals surface area contributed by atoms with Gasteiger partial charge in [0.1, 0.15) is 0 Å². The van der Waals surface area contributed by atoms with Gasteiger partial charge in [0.15, 0.2) is 0 Å². The van der Waals surface area contributed by atoms with Crippen LogP contribution in [0.4, 0.5) is 0 Å². The standard InChI is InChI=1S/C15H30N2O2/c1-5-9-16-11-13-8-6-7-10-17(13)12-15(2,3)14(18)19-4/h13,16H,5-12H2,1-4H3. The fourth-order valence-electron chi connectivity index (χ4n) is 2.79. The third-order valence-electron chi connectivity index (χ3n) is 3.89. The Bertz CT molecular complexity index is 279. The van der Waals surface area contributed by atoms with Crippen LogP contribution >= 0.6 is 0 Å². The molecule has 1 aliphatic heterocycles. The Morgan fingerprint density at radius 3 is 2.79 bits per heavy atom. The molecule has 1 N–H and O–H groups in total. The third-order valence-corrected chi connectivity index (χ3v) is 3.89. The Morgan fingerprint density at radius 1 is 1.42 bits per heavy atom. The molecule has 0 aromatic carbocycles. The van der Waals surface area contributed by atoms with Gasteiger partial charge in [-0.3, -0.25) is 9.69 Å². The highest BCUT2D eigenvalue weighted by molar-refractivity contribution is 5.76. The van der Waals surface area contributed by atoms with Crippen molar-refractivity contribution in [3.8, 4) is 0 Å². The highest BCUT2D eigenvalue weighted by Crippen LogP contribution is 2.24. The van der Waals surface area contributed by atoms with Crippen LogP contribution in [-0.2, 0) is 9.53 Å². The van der Waals surface area contributed by atoms with Gasteiger partial charge >= 0.3 is 5.97 Å². The lowest BCUT2D eigenvalue weighted by Crippen LogP contribution is -2.50. The monoisotopic (exact) mass is 270 g/mol. The number of rotatable bonds is 7. The van der Waals surface area contributed by atoms with E-state index >= 15 is 0 Å². The summed E-state index contributed by atoms with van der Waals surface area (Å²) >= 11 is 0. The van der Waals surface area contributed by atoms with Crippen LogP contribution in [0.25, 0.3) is 0 Å². The Labute approximate surface area is 117 Å². The number of ether oxygens (including phenoxy) is 1. The molecular weight excluding hydrogens is 240 g/mol. The quantitative estimate of drug-likeness (QED) is 0.568. The van der Waals surface area contributed by atoms with E-state index in [-0.39, 0.29) is 5.97 Å². The summed E-state index contributed by atoms with van der Waals surface area (Å²) in [5.74, 6) is -0.113. The highest BCUT2D eigenvalue weighted by Gasteiger charge is 2.34. The Hall–Kier alpha value is -0.610. The molecule has 1 rings (SSSR count). The number of carbonyl (C=O) groups is 1. The molecule has 1 fully saturated rings. The van der Waals surface area contributed by atoms with Gasteiger partial charge in [0.05, 0.1) is 12.5 Å². The predicted molar refractivity (Wildman–Crippen MR) is 78.2 cm³/mol. The molecule has 4 nitrogen and oxygen atoms in total. The number of esters is 1. The second-order valence-electron chi connectivity index (χ2n) is 6.20. The van der Waals surface area contributed by atoms with Crippen molar-refractivity contribution >= 4 is 5.97 Å². The number of hydrogen-bond acceptors (Lipinski definition) is 4. The van der Waals surface area contributed by atoms with Crippen molar-refractivity contribution in [1.29, 1.82) is 0 Å². The molecular formula is C15H30N2O2. The van der Waals surface area contributed by atoms with Crippen molar-refractivity contribution in [3.63, 3.8) is 0 Å². The van der Waals surface area contributed by atoms with Crippen LogP contribution in [0.3, 0.4) is 0 Å². The molecule has 0 spiro atoms. The van der Waals surface area contributed by atoms with Gasteiger partial charge in [-0.25, -0.2) is 0 Å². The number of nitrogens with zero attached hydrogens (tertiary/aromatic N) is 1. The Morgan fingerprint density at radius 2 is 2.16 bits per heavy atom. The molecule has 0 radical (unpaired) electrons. The summed E-state index contributed by atoms with van der Waals surface area (Å²) in [5, 5.41) is 3.51. The first-order valence-corrected chi connectivity index (χ1v) is 7.54. The van der Waals surface area contributed by atoms with Gasteiger partial charge in [-0.15, -0.1) is 0 Å². The van der Waals surface area contributed by atoms with Crippen LogP contribution in [0.5, 0.6) is 0 Å². The summed E-state index contributed by atoms with van der Waals surface area (Å²) in [6, 6.07) is 0.559. The van der Waals surface area contributed by atoms with E-state index in [0.29, 0.717) is 6.04 Å². The fourth-order valence-corrected chi connectivity index (χ4v) is 2.79. The lowest BCUT2D eigenvalue weighted by molar-refractivity contribution is -0.152. The zero-order chi connectivity index (χ0) is 14.3. The van der Waals surface area contributed by atoms with E-state index in [0.717, 1.165) is 26.2 Å². The normalized spacial score (nSPS) is 21.4. The lowest BCUT2D eigenvalue weighted by Gasteiger charge is -2.39. The Balaban J connectivity index is 2.54.